The number of alkyl halides is 3. The predicted octanol–water partition coefficient (Wildman–Crippen LogP) is 3.71. The summed E-state index contributed by atoms with van der Waals surface area (Å²) < 4.78 is 78.3. The minimum Gasteiger partial charge on any atom is -0.479 e. The Kier molecular flexibility index (Phi) is 6.79. The highest BCUT2D eigenvalue weighted by Crippen LogP contribution is 2.37. The van der Waals surface area contributed by atoms with Crippen LogP contribution in [0.5, 0.6) is 5.75 Å². The first-order chi connectivity index (χ1) is 18.3. The van der Waals surface area contributed by atoms with Crippen molar-refractivity contribution in [1.29, 1.82) is 0 Å². The second-order valence-electron chi connectivity index (χ2n) is 9.71. The average molecular weight is 568 g/mol. The fourth-order valence-corrected chi connectivity index (χ4v) is 7.10. The summed E-state index contributed by atoms with van der Waals surface area (Å²) in [5, 5.41) is 7.25. The zero-order chi connectivity index (χ0) is 28.0. The molecule has 1 unspecified atom stereocenters. The number of ether oxygens (including phenoxy) is 2. The van der Waals surface area contributed by atoms with E-state index in [1.807, 2.05) is 18.4 Å². The summed E-state index contributed by atoms with van der Waals surface area (Å²) in [4.78, 5) is 20.7. The van der Waals surface area contributed by atoms with Crippen LogP contribution in [0.1, 0.15) is 12.5 Å². The fraction of sp³-hybridized carbons (Fsp3) is 0.360. The number of carbonyl (C=O) groups excluding carboxylic acids is 1. The molecule has 1 saturated heterocycles. The standard InChI is InChI=1S/C25H25F4N5O4S/c1-14-5-17(34-39(36)11-24(12-39)9-37-10-24)7-19-21(14)22(32-13-31-19)33-18-4-3-16(26)6-20(18)38-15(2)23(35)30-8-25(27,28)29/h3-7,11,13,15H,8-10,12H2,1-2H3,(H,30,35)(H,34,36)(H,31,32,33)/t15-,39?/m1/s1. The number of anilines is 3. The molecule has 2 aromatic carbocycles. The van der Waals surface area contributed by atoms with E-state index in [0.717, 1.165) is 17.7 Å². The lowest BCUT2D eigenvalue weighted by molar-refractivity contribution is -0.142. The van der Waals surface area contributed by atoms with Gasteiger partial charge in [0.25, 0.3) is 5.91 Å². The van der Waals surface area contributed by atoms with Gasteiger partial charge in [-0.2, -0.15) is 13.2 Å². The molecular formula is C25H25F4N5O4S. The van der Waals surface area contributed by atoms with Crippen molar-refractivity contribution in [2.24, 2.45) is 5.41 Å². The zero-order valence-electron chi connectivity index (χ0n) is 20.9. The number of nitrogens with one attached hydrogen (secondary N) is 3. The van der Waals surface area contributed by atoms with E-state index in [1.54, 1.807) is 11.4 Å². The predicted molar refractivity (Wildman–Crippen MR) is 139 cm³/mol. The molecule has 1 fully saturated rings. The van der Waals surface area contributed by atoms with E-state index in [1.165, 1.54) is 19.3 Å². The summed E-state index contributed by atoms with van der Waals surface area (Å²) in [5.41, 5.74) is 2.06. The molecule has 2 aliphatic rings. The smallest absolute Gasteiger partial charge is 0.405 e. The highest BCUT2D eigenvalue weighted by atomic mass is 32.2. The molecule has 14 heteroatoms. The van der Waals surface area contributed by atoms with Crippen LogP contribution in [-0.4, -0.2) is 63.2 Å². The van der Waals surface area contributed by atoms with Crippen LogP contribution in [0, 0.1) is 18.2 Å². The van der Waals surface area contributed by atoms with E-state index in [9.17, 15) is 26.6 Å². The van der Waals surface area contributed by atoms with E-state index in [-0.39, 0.29) is 16.9 Å². The van der Waals surface area contributed by atoms with Gasteiger partial charge >= 0.3 is 6.18 Å². The van der Waals surface area contributed by atoms with Crippen molar-refractivity contribution < 1.29 is 36.0 Å². The number of aryl methyl sites for hydroxylation is 1. The van der Waals surface area contributed by atoms with Gasteiger partial charge in [0.05, 0.1) is 39.5 Å². The Balaban J connectivity index is 1.38. The van der Waals surface area contributed by atoms with E-state index in [0.29, 0.717) is 41.4 Å². The molecule has 9 nitrogen and oxygen atoms in total. The van der Waals surface area contributed by atoms with Gasteiger partial charge in [-0.1, -0.05) is 0 Å². The Morgan fingerprint density at radius 1 is 1.23 bits per heavy atom. The maximum absolute atomic E-state index is 14.0. The summed E-state index contributed by atoms with van der Waals surface area (Å²) in [5.74, 6) is -0.926. The van der Waals surface area contributed by atoms with Gasteiger partial charge in [-0.3, -0.25) is 4.79 Å². The Morgan fingerprint density at radius 2 is 1.97 bits per heavy atom. The van der Waals surface area contributed by atoms with Crippen LogP contribution in [0.25, 0.3) is 10.9 Å². The van der Waals surface area contributed by atoms with Gasteiger partial charge < -0.3 is 24.8 Å². The highest BCUT2D eigenvalue weighted by Gasteiger charge is 2.47. The number of carbonyl (C=O) groups is 1. The van der Waals surface area contributed by atoms with Gasteiger partial charge in [-0.05, 0) is 49.0 Å². The molecule has 3 heterocycles. The number of aromatic nitrogens is 2. The molecule has 0 aliphatic carbocycles. The average Bonchev–Trinajstić information content (AvgIpc) is 2.80. The van der Waals surface area contributed by atoms with Gasteiger partial charge in [-0.25, -0.2) is 18.6 Å². The van der Waals surface area contributed by atoms with Crippen molar-refractivity contribution >= 4 is 49.1 Å². The maximum atomic E-state index is 14.0. The summed E-state index contributed by atoms with van der Waals surface area (Å²) in [7, 11) is -2.36. The summed E-state index contributed by atoms with van der Waals surface area (Å²) in [6.45, 7) is 2.73. The molecule has 5 rings (SSSR count). The molecular weight excluding hydrogens is 542 g/mol. The Morgan fingerprint density at radius 3 is 2.64 bits per heavy atom. The van der Waals surface area contributed by atoms with Crippen LogP contribution in [0.2, 0.25) is 0 Å². The number of fused-ring (bicyclic) bond motifs is 1. The van der Waals surface area contributed by atoms with E-state index < -0.39 is 40.3 Å². The number of amides is 1. The molecule has 1 amide bonds. The van der Waals surface area contributed by atoms with Crippen LogP contribution in [0.3, 0.4) is 0 Å². The minimum absolute atomic E-state index is 0.0966. The van der Waals surface area contributed by atoms with Crippen molar-refractivity contribution in [1.82, 2.24) is 15.3 Å². The van der Waals surface area contributed by atoms with Crippen LogP contribution >= 0.6 is 0 Å². The molecule has 2 atom stereocenters. The molecule has 1 aromatic heterocycles. The van der Waals surface area contributed by atoms with Crippen molar-refractivity contribution in [2.75, 3.05) is 35.6 Å². The monoisotopic (exact) mass is 567 g/mol. The van der Waals surface area contributed by atoms with Crippen LogP contribution in [0.4, 0.5) is 34.8 Å². The number of hydrogen-bond acceptors (Lipinski definition) is 7. The first-order valence-corrected chi connectivity index (χ1v) is 13.7. The third kappa shape index (κ3) is 5.86. The topological polar surface area (TPSA) is 114 Å². The summed E-state index contributed by atoms with van der Waals surface area (Å²) in [6.07, 6.45) is -4.61. The zero-order valence-corrected chi connectivity index (χ0v) is 21.7. The highest BCUT2D eigenvalue weighted by molar-refractivity contribution is 8.04. The van der Waals surface area contributed by atoms with Crippen LogP contribution in [-0.2, 0) is 19.2 Å². The quantitative estimate of drug-likeness (QED) is 0.281. The first kappa shape index (κ1) is 26.9. The number of rotatable bonds is 8. The molecule has 1 spiro atoms. The summed E-state index contributed by atoms with van der Waals surface area (Å²) >= 11 is 0. The van der Waals surface area contributed by atoms with Crippen molar-refractivity contribution in [3.63, 3.8) is 0 Å². The number of benzene rings is 2. The minimum atomic E-state index is -4.58. The van der Waals surface area contributed by atoms with E-state index in [2.05, 4.69) is 20.0 Å². The van der Waals surface area contributed by atoms with Crippen molar-refractivity contribution in [3.8, 4) is 5.75 Å². The number of hydrogen-bond donors (Lipinski definition) is 3. The van der Waals surface area contributed by atoms with E-state index >= 15 is 0 Å². The van der Waals surface area contributed by atoms with Gasteiger partial charge in [0, 0.05) is 22.9 Å². The Labute approximate surface area is 221 Å². The molecule has 0 radical (unpaired) electrons. The second-order valence-corrected chi connectivity index (χ2v) is 11.9. The van der Waals surface area contributed by atoms with Crippen LogP contribution in [0.15, 0.2) is 36.7 Å². The Bertz CT molecular complexity index is 1570. The largest absolute Gasteiger partial charge is 0.479 e. The molecule has 0 bridgehead atoms. The number of halogens is 4. The lowest BCUT2D eigenvalue weighted by Crippen LogP contribution is -2.58. The maximum Gasteiger partial charge on any atom is 0.405 e. The van der Waals surface area contributed by atoms with Gasteiger partial charge in [0.1, 0.15) is 30.3 Å². The molecule has 208 valence electrons. The third-order valence-electron chi connectivity index (χ3n) is 6.28. The lowest BCUT2D eigenvalue weighted by Gasteiger charge is -2.46. The SMILES string of the molecule is Cc1cc(NS2(=O)=CC3(COC3)C2)cc2ncnc(Nc3ccc(F)cc3O[C@H](C)C(=O)NCC(F)(F)F)c12. The number of nitrogens with zero attached hydrogens (tertiary/aromatic N) is 2. The molecule has 3 aromatic rings. The molecule has 0 saturated carbocycles. The first-order valence-electron chi connectivity index (χ1n) is 11.9. The van der Waals surface area contributed by atoms with Gasteiger partial charge in [-0.15, -0.1) is 0 Å². The molecule has 39 heavy (non-hydrogen) atoms. The second kappa shape index (κ2) is 9.83. The fourth-order valence-electron chi connectivity index (χ4n) is 4.53. The molecule has 3 N–H and O–H groups in total. The van der Waals surface area contributed by atoms with Crippen molar-refractivity contribution in [2.45, 2.75) is 26.1 Å². The summed E-state index contributed by atoms with van der Waals surface area (Å²) in [6, 6.07) is 7.09. The van der Waals surface area contributed by atoms with Gasteiger partial charge in [0.2, 0.25) is 0 Å². The van der Waals surface area contributed by atoms with Crippen molar-refractivity contribution in [3.05, 3.63) is 48.0 Å². The van der Waals surface area contributed by atoms with E-state index in [4.69, 9.17) is 9.47 Å². The molecule has 2 aliphatic heterocycles. The van der Waals surface area contributed by atoms with Gasteiger partial charge in [0.15, 0.2) is 6.10 Å². The third-order valence-corrected chi connectivity index (χ3v) is 8.75. The Hall–Kier alpha value is -3.65. The van der Waals surface area contributed by atoms with Crippen LogP contribution < -0.4 is 20.1 Å². The normalized spacial score (nSPS) is 20.4. The lowest BCUT2D eigenvalue weighted by atomic mass is 9.91.